The number of H-pyrrole nitrogens is 1. The fourth-order valence-electron chi connectivity index (χ4n) is 4.24. The lowest BCUT2D eigenvalue weighted by Gasteiger charge is -2.17. The Morgan fingerprint density at radius 1 is 1.33 bits per heavy atom. The lowest BCUT2D eigenvalue weighted by molar-refractivity contribution is 0.0947. The fourth-order valence-corrected chi connectivity index (χ4v) is 4.49. The number of ether oxygens (including phenoxy) is 2. The quantitative estimate of drug-likeness (QED) is 0.417. The van der Waals surface area contributed by atoms with Crippen molar-refractivity contribution in [1.29, 1.82) is 0 Å². The van der Waals surface area contributed by atoms with Gasteiger partial charge in [-0.05, 0) is 31.0 Å². The van der Waals surface area contributed by atoms with Crippen LogP contribution in [-0.2, 0) is 11.2 Å². The number of amides is 1. The summed E-state index contributed by atoms with van der Waals surface area (Å²) in [6.07, 6.45) is 4.67. The van der Waals surface area contributed by atoms with Crippen molar-refractivity contribution < 1.29 is 14.3 Å². The van der Waals surface area contributed by atoms with Gasteiger partial charge in [0.05, 0.1) is 46.6 Å². The summed E-state index contributed by atoms with van der Waals surface area (Å²) in [5.41, 5.74) is 4.03. The van der Waals surface area contributed by atoms with Crippen molar-refractivity contribution in [2.45, 2.75) is 25.4 Å². The Hall–Kier alpha value is -3.30. The summed E-state index contributed by atoms with van der Waals surface area (Å²) in [5, 5.41) is 10.0. The Bertz CT molecular complexity index is 1170. The van der Waals surface area contributed by atoms with Crippen LogP contribution in [0.2, 0.25) is 5.02 Å². The number of benzene rings is 1. The second kappa shape index (κ2) is 9.29. The molecular weight excluding hydrogens is 444 g/mol. The van der Waals surface area contributed by atoms with Gasteiger partial charge in [0, 0.05) is 38.0 Å². The first-order valence-corrected chi connectivity index (χ1v) is 11.3. The summed E-state index contributed by atoms with van der Waals surface area (Å²) in [4.78, 5) is 25.2. The van der Waals surface area contributed by atoms with Crippen LogP contribution in [-0.4, -0.2) is 53.8 Å². The van der Waals surface area contributed by atoms with E-state index in [0.29, 0.717) is 64.6 Å². The van der Waals surface area contributed by atoms with E-state index in [1.165, 1.54) is 0 Å². The third kappa shape index (κ3) is 4.34. The van der Waals surface area contributed by atoms with Crippen LogP contribution in [0.3, 0.4) is 0 Å². The molecule has 4 N–H and O–H groups in total. The molecule has 0 saturated carbocycles. The highest BCUT2D eigenvalue weighted by atomic mass is 35.5. The molecule has 1 saturated heterocycles. The predicted molar refractivity (Wildman–Crippen MR) is 127 cm³/mol. The molecule has 2 aromatic heterocycles. The van der Waals surface area contributed by atoms with Gasteiger partial charge in [-0.3, -0.25) is 4.79 Å². The number of aromatic nitrogens is 3. The average molecular weight is 469 g/mol. The van der Waals surface area contributed by atoms with Gasteiger partial charge in [0.25, 0.3) is 5.91 Å². The van der Waals surface area contributed by atoms with Gasteiger partial charge in [-0.2, -0.15) is 0 Å². The number of nitrogens with zero attached hydrogens (tertiary/aromatic N) is 2. The third-order valence-corrected chi connectivity index (χ3v) is 6.12. The molecule has 2 aliphatic rings. The summed E-state index contributed by atoms with van der Waals surface area (Å²) in [6.45, 7) is 2.02. The minimum atomic E-state index is -0.145. The largest absolute Gasteiger partial charge is 0.493 e. The maximum Gasteiger partial charge on any atom is 0.255 e. The molecule has 2 aliphatic heterocycles. The number of carbonyl (C=O) groups excluding carboxylic acids is 1. The van der Waals surface area contributed by atoms with E-state index in [0.717, 1.165) is 25.1 Å². The minimum Gasteiger partial charge on any atom is -0.493 e. The number of methoxy groups -OCH3 is 1. The van der Waals surface area contributed by atoms with Gasteiger partial charge in [-0.1, -0.05) is 17.7 Å². The average Bonchev–Trinajstić information content (AvgIpc) is 3.47. The number of fused-ring (bicyclic) bond motifs is 1. The molecule has 1 aromatic carbocycles. The summed E-state index contributed by atoms with van der Waals surface area (Å²) in [7, 11) is 1.56. The Morgan fingerprint density at radius 3 is 3.06 bits per heavy atom. The van der Waals surface area contributed by atoms with Crippen LogP contribution in [0.4, 0.5) is 17.3 Å². The number of rotatable bonds is 7. The SMILES string of the molecule is COc1c(Cl)cccc1Nc1c(-c2ccnc(NC[C@@H]3CCCO3)n2)[nH]c2c1C(=O)NCC2. The van der Waals surface area contributed by atoms with Gasteiger partial charge in [0.1, 0.15) is 0 Å². The number of hydrogen-bond acceptors (Lipinski definition) is 7. The van der Waals surface area contributed by atoms with E-state index in [1.807, 2.05) is 18.2 Å². The molecule has 9 nitrogen and oxygen atoms in total. The molecule has 10 heteroatoms. The molecule has 1 fully saturated rings. The first kappa shape index (κ1) is 21.5. The smallest absolute Gasteiger partial charge is 0.255 e. The Balaban J connectivity index is 1.52. The van der Waals surface area contributed by atoms with E-state index in [2.05, 4.69) is 25.9 Å². The summed E-state index contributed by atoms with van der Waals surface area (Å²) >= 11 is 6.32. The number of para-hydroxylation sites is 1. The molecule has 4 heterocycles. The molecule has 0 radical (unpaired) electrons. The minimum absolute atomic E-state index is 0.145. The molecule has 1 atom stereocenters. The van der Waals surface area contributed by atoms with E-state index in [4.69, 9.17) is 26.1 Å². The molecule has 172 valence electrons. The zero-order valence-electron chi connectivity index (χ0n) is 18.2. The zero-order valence-corrected chi connectivity index (χ0v) is 19.0. The molecule has 0 bridgehead atoms. The number of carbonyl (C=O) groups is 1. The highest BCUT2D eigenvalue weighted by Crippen LogP contribution is 2.40. The number of aromatic amines is 1. The Kier molecular flexibility index (Phi) is 6.06. The normalized spacial score (nSPS) is 17.4. The highest BCUT2D eigenvalue weighted by molar-refractivity contribution is 6.32. The van der Waals surface area contributed by atoms with Gasteiger partial charge < -0.3 is 30.4 Å². The van der Waals surface area contributed by atoms with Crippen molar-refractivity contribution in [3.8, 4) is 17.1 Å². The first-order valence-electron chi connectivity index (χ1n) is 11.0. The van der Waals surface area contributed by atoms with Crippen molar-refractivity contribution in [3.05, 3.63) is 46.7 Å². The van der Waals surface area contributed by atoms with Crippen molar-refractivity contribution in [2.75, 3.05) is 37.4 Å². The van der Waals surface area contributed by atoms with Gasteiger partial charge in [0.2, 0.25) is 5.95 Å². The number of anilines is 3. The maximum atomic E-state index is 12.8. The summed E-state index contributed by atoms with van der Waals surface area (Å²) < 4.78 is 11.2. The van der Waals surface area contributed by atoms with Crippen LogP contribution >= 0.6 is 11.6 Å². The molecule has 1 amide bonds. The summed E-state index contributed by atoms with van der Waals surface area (Å²) in [5.74, 6) is 0.859. The van der Waals surface area contributed by atoms with E-state index in [9.17, 15) is 4.79 Å². The topological polar surface area (TPSA) is 113 Å². The van der Waals surface area contributed by atoms with Gasteiger partial charge >= 0.3 is 0 Å². The lowest BCUT2D eigenvalue weighted by atomic mass is 10.1. The molecule has 33 heavy (non-hydrogen) atoms. The highest BCUT2D eigenvalue weighted by Gasteiger charge is 2.28. The second-order valence-corrected chi connectivity index (χ2v) is 8.37. The Labute approximate surface area is 196 Å². The van der Waals surface area contributed by atoms with E-state index < -0.39 is 0 Å². The number of halogens is 1. The van der Waals surface area contributed by atoms with Crippen LogP contribution < -0.4 is 20.7 Å². The van der Waals surface area contributed by atoms with Crippen molar-refractivity contribution in [3.63, 3.8) is 0 Å². The standard InChI is InChI=1S/C23H25ClN6O3/c1-32-21-14(24)5-2-6-17(21)29-20-18-15(7-9-25-22(18)31)28-19(20)16-8-10-26-23(30-16)27-12-13-4-3-11-33-13/h2,5-6,8,10,13,28-29H,3-4,7,9,11-12H2,1H3,(H,25,31)(H,26,27,30)/t13-/m0/s1. The van der Waals surface area contributed by atoms with Crippen LogP contribution in [0.5, 0.6) is 5.75 Å². The zero-order chi connectivity index (χ0) is 22.8. The third-order valence-electron chi connectivity index (χ3n) is 5.82. The predicted octanol–water partition coefficient (Wildman–Crippen LogP) is 3.75. The van der Waals surface area contributed by atoms with Crippen LogP contribution in [0.25, 0.3) is 11.4 Å². The fraction of sp³-hybridized carbons (Fsp3) is 0.348. The van der Waals surface area contributed by atoms with Crippen molar-refractivity contribution in [1.82, 2.24) is 20.3 Å². The molecular formula is C23H25ClN6O3. The van der Waals surface area contributed by atoms with Crippen LogP contribution in [0.15, 0.2) is 30.5 Å². The van der Waals surface area contributed by atoms with Crippen LogP contribution in [0.1, 0.15) is 28.9 Å². The lowest BCUT2D eigenvalue weighted by Crippen LogP contribution is -2.31. The molecule has 0 spiro atoms. The maximum absolute atomic E-state index is 12.8. The van der Waals surface area contributed by atoms with Gasteiger partial charge in [-0.25, -0.2) is 9.97 Å². The second-order valence-electron chi connectivity index (χ2n) is 7.96. The first-order chi connectivity index (χ1) is 16.1. The van der Waals surface area contributed by atoms with Gasteiger partial charge in [0.15, 0.2) is 5.75 Å². The van der Waals surface area contributed by atoms with E-state index in [1.54, 1.807) is 19.4 Å². The van der Waals surface area contributed by atoms with Gasteiger partial charge in [-0.15, -0.1) is 0 Å². The number of nitrogens with one attached hydrogen (secondary N) is 4. The number of hydrogen-bond donors (Lipinski definition) is 4. The van der Waals surface area contributed by atoms with E-state index in [-0.39, 0.29) is 12.0 Å². The van der Waals surface area contributed by atoms with E-state index >= 15 is 0 Å². The van der Waals surface area contributed by atoms with Crippen LogP contribution in [0, 0.1) is 0 Å². The molecule has 0 unspecified atom stereocenters. The molecule has 0 aliphatic carbocycles. The van der Waals surface area contributed by atoms with Crippen molar-refractivity contribution >= 4 is 34.8 Å². The molecule has 5 rings (SSSR count). The van der Waals surface area contributed by atoms with Crippen molar-refractivity contribution in [2.24, 2.45) is 0 Å². The molecule has 3 aromatic rings. The monoisotopic (exact) mass is 468 g/mol. The summed E-state index contributed by atoms with van der Waals surface area (Å²) in [6, 6.07) is 7.24. The Morgan fingerprint density at radius 2 is 2.24 bits per heavy atom.